The van der Waals surface area contributed by atoms with E-state index in [1.807, 2.05) is 6.07 Å². The fraction of sp³-hybridized carbons (Fsp3) is 0.0625. The Labute approximate surface area is 128 Å². The van der Waals surface area contributed by atoms with E-state index < -0.39 is 0 Å². The van der Waals surface area contributed by atoms with Crippen molar-refractivity contribution in [2.24, 2.45) is 0 Å². The van der Waals surface area contributed by atoms with Crippen LogP contribution in [0.1, 0.15) is 5.56 Å². The number of halogens is 1. The van der Waals surface area contributed by atoms with E-state index >= 15 is 0 Å². The highest BCUT2D eigenvalue weighted by Gasteiger charge is 2.00. The first-order valence-corrected chi connectivity index (χ1v) is 6.64. The van der Waals surface area contributed by atoms with E-state index in [2.05, 4.69) is 5.32 Å². The summed E-state index contributed by atoms with van der Waals surface area (Å²) in [5.41, 5.74) is 7.65. The lowest BCUT2D eigenvalue weighted by atomic mass is 10.2. The van der Waals surface area contributed by atoms with Crippen molar-refractivity contribution in [1.82, 2.24) is 0 Å². The van der Waals surface area contributed by atoms with Crippen molar-refractivity contribution in [2.45, 2.75) is 0 Å². The molecule has 0 fully saturated rings. The Kier molecular flexibility index (Phi) is 4.85. The summed E-state index contributed by atoms with van der Waals surface area (Å²) < 4.78 is 5.09. The molecule has 0 aromatic heterocycles. The first-order chi connectivity index (χ1) is 10.1. The van der Waals surface area contributed by atoms with Crippen LogP contribution in [0.15, 0.2) is 48.5 Å². The number of rotatable bonds is 4. The first-order valence-electron chi connectivity index (χ1n) is 6.26. The highest BCUT2D eigenvalue weighted by molar-refractivity contribution is 6.33. The fourth-order valence-electron chi connectivity index (χ4n) is 1.72. The van der Waals surface area contributed by atoms with Crippen molar-refractivity contribution in [2.75, 3.05) is 18.2 Å². The van der Waals surface area contributed by atoms with Crippen LogP contribution in [0.25, 0.3) is 6.08 Å². The predicted molar refractivity (Wildman–Crippen MR) is 86.5 cm³/mol. The Hall–Kier alpha value is -2.46. The zero-order chi connectivity index (χ0) is 15.2. The number of benzene rings is 2. The Morgan fingerprint density at radius 1 is 1.29 bits per heavy atom. The predicted octanol–water partition coefficient (Wildman–Crippen LogP) is 3.58. The number of hydrogen-bond acceptors (Lipinski definition) is 3. The number of hydrogen-bond donors (Lipinski definition) is 2. The molecular weight excluding hydrogens is 288 g/mol. The molecule has 0 aliphatic heterocycles. The number of methoxy groups -OCH3 is 1. The molecule has 0 atom stereocenters. The number of anilines is 2. The Bertz CT molecular complexity index is 684. The quantitative estimate of drug-likeness (QED) is 0.670. The lowest BCUT2D eigenvalue weighted by Crippen LogP contribution is -2.07. The summed E-state index contributed by atoms with van der Waals surface area (Å²) in [5, 5.41) is 3.24. The maximum Gasteiger partial charge on any atom is 0.248 e. The molecule has 1 amide bonds. The topological polar surface area (TPSA) is 64.3 Å². The van der Waals surface area contributed by atoms with Crippen LogP contribution in [0.2, 0.25) is 5.02 Å². The average molecular weight is 303 g/mol. The normalized spacial score (nSPS) is 10.6. The molecular formula is C16H15ClN2O2. The molecule has 2 aromatic rings. The molecule has 3 N–H and O–H groups in total. The summed E-state index contributed by atoms with van der Waals surface area (Å²) in [7, 11) is 1.58. The van der Waals surface area contributed by atoms with E-state index in [1.54, 1.807) is 49.6 Å². The van der Waals surface area contributed by atoms with Crippen molar-refractivity contribution < 1.29 is 9.53 Å². The average Bonchev–Trinajstić information content (AvgIpc) is 2.48. The van der Waals surface area contributed by atoms with Crippen LogP contribution < -0.4 is 15.8 Å². The third-order valence-corrected chi connectivity index (χ3v) is 3.13. The highest BCUT2D eigenvalue weighted by Crippen LogP contribution is 2.20. The Morgan fingerprint density at radius 2 is 2.10 bits per heavy atom. The lowest BCUT2D eigenvalue weighted by Gasteiger charge is -2.04. The smallest absolute Gasteiger partial charge is 0.248 e. The second-order valence-electron chi connectivity index (χ2n) is 4.34. The SMILES string of the molecule is COc1cccc(NC(=O)/C=C/c2ccc(Cl)c(N)c2)c1. The summed E-state index contributed by atoms with van der Waals surface area (Å²) in [5.74, 6) is 0.444. The molecule has 0 heterocycles. The van der Waals surface area contributed by atoms with Crippen LogP contribution in [0, 0.1) is 0 Å². The first kappa shape index (κ1) is 14.9. The molecule has 0 unspecified atom stereocenters. The number of nitrogen functional groups attached to an aromatic ring is 1. The zero-order valence-corrected chi connectivity index (χ0v) is 12.2. The maximum atomic E-state index is 11.8. The molecule has 0 saturated heterocycles. The number of carbonyl (C=O) groups excluding carboxylic acids is 1. The van der Waals surface area contributed by atoms with Gasteiger partial charge in [0.15, 0.2) is 0 Å². The summed E-state index contributed by atoms with van der Waals surface area (Å²) in [6.45, 7) is 0. The van der Waals surface area contributed by atoms with Gasteiger partial charge in [-0.15, -0.1) is 0 Å². The monoisotopic (exact) mass is 302 g/mol. The van der Waals surface area contributed by atoms with E-state index in [9.17, 15) is 4.79 Å². The molecule has 0 saturated carbocycles. The summed E-state index contributed by atoms with van der Waals surface area (Å²) in [4.78, 5) is 11.8. The van der Waals surface area contributed by atoms with Gasteiger partial charge in [0, 0.05) is 17.8 Å². The van der Waals surface area contributed by atoms with E-state index in [0.717, 1.165) is 5.56 Å². The molecule has 0 aliphatic rings. The molecule has 0 spiro atoms. The number of nitrogens with two attached hydrogens (primary N) is 1. The van der Waals surface area contributed by atoms with Gasteiger partial charge in [0.2, 0.25) is 5.91 Å². The molecule has 2 rings (SSSR count). The molecule has 4 nitrogen and oxygen atoms in total. The van der Waals surface area contributed by atoms with E-state index in [0.29, 0.717) is 22.1 Å². The van der Waals surface area contributed by atoms with Crippen LogP contribution in [0.3, 0.4) is 0 Å². The highest BCUT2D eigenvalue weighted by atomic mass is 35.5. The summed E-state index contributed by atoms with van der Waals surface area (Å²) >= 11 is 5.84. The summed E-state index contributed by atoms with van der Waals surface area (Å²) in [6.07, 6.45) is 3.10. The second-order valence-corrected chi connectivity index (χ2v) is 4.74. The van der Waals surface area contributed by atoms with Gasteiger partial charge in [0.25, 0.3) is 0 Å². The van der Waals surface area contributed by atoms with Gasteiger partial charge in [-0.25, -0.2) is 0 Å². The summed E-state index contributed by atoms with van der Waals surface area (Å²) in [6, 6.07) is 12.3. The molecule has 0 radical (unpaired) electrons. The van der Waals surface area contributed by atoms with Crippen LogP contribution in [0.4, 0.5) is 11.4 Å². The standard InChI is InChI=1S/C16H15ClN2O2/c1-21-13-4-2-3-12(10-13)19-16(20)8-6-11-5-7-14(17)15(18)9-11/h2-10H,18H2,1H3,(H,19,20)/b8-6+. The van der Waals surface area contributed by atoms with Gasteiger partial charge in [-0.05, 0) is 35.9 Å². The minimum Gasteiger partial charge on any atom is -0.497 e. The molecule has 0 bridgehead atoms. The fourth-order valence-corrected chi connectivity index (χ4v) is 1.84. The van der Waals surface area contributed by atoms with Gasteiger partial charge >= 0.3 is 0 Å². The van der Waals surface area contributed by atoms with E-state index in [-0.39, 0.29) is 5.91 Å². The lowest BCUT2D eigenvalue weighted by molar-refractivity contribution is -0.111. The van der Waals surface area contributed by atoms with Crippen molar-refractivity contribution in [1.29, 1.82) is 0 Å². The Balaban J connectivity index is 2.03. The van der Waals surface area contributed by atoms with Crippen molar-refractivity contribution in [3.05, 3.63) is 59.1 Å². The number of nitrogens with one attached hydrogen (secondary N) is 1. The van der Waals surface area contributed by atoms with E-state index in [1.165, 1.54) is 6.08 Å². The molecule has 108 valence electrons. The van der Waals surface area contributed by atoms with Gasteiger partial charge < -0.3 is 15.8 Å². The molecule has 21 heavy (non-hydrogen) atoms. The number of amides is 1. The minimum atomic E-state index is -0.239. The van der Waals surface area contributed by atoms with Gasteiger partial charge in [0.1, 0.15) is 5.75 Å². The third kappa shape index (κ3) is 4.26. The largest absolute Gasteiger partial charge is 0.497 e. The number of carbonyl (C=O) groups is 1. The second kappa shape index (κ2) is 6.81. The zero-order valence-electron chi connectivity index (χ0n) is 11.5. The van der Waals surface area contributed by atoms with Crippen LogP contribution in [-0.4, -0.2) is 13.0 Å². The molecule has 2 aromatic carbocycles. The van der Waals surface area contributed by atoms with E-state index in [4.69, 9.17) is 22.1 Å². The minimum absolute atomic E-state index is 0.239. The van der Waals surface area contributed by atoms with Crippen molar-refractivity contribution >= 4 is 35.0 Å². The third-order valence-electron chi connectivity index (χ3n) is 2.78. The van der Waals surface area contributed by atoms with Crippen molar-refractivity contribution in [3.63, 3.8) is 0 Å². The van der Waals surface area contributed by atoms with Gasteiger partial charge in [-0.3, -0.25) is 4.79 Å². The maximum absolute atomic E-state index is 11.8. The van der Waals surface area contributed by atoms with Crippen LogP contribution in [0.5, 0.6) is 5.75 Å². The van der Waals surface area contributed by atoms with Gasteiger partial charge in [-0.1, -0.05) is 23.7 Å². The van der Waals surface area contributed by atoms with Crippen molar-refractivity contribution in [3.8, 4) is 5.75 Å². The van der Waals surface area contributed by atoms with Gasteiger partial charge in [-0.2, -0.15) is 0 Å². The molecule has 5 heteroatoms. The van der Waals surface area contributed by atoms with Crippen LogP contribution in [-0.2, 0) is 4.79 Å². The Morgan fingerprint density at radius 3 is 2.81 bits per heavy atom. The van der Waals surface area contributed by atoms with Gasteiger partial charge in [0.05, 0.1) is 17.8 Å². The van der Waals surface area contributed by atoms with Crippen LogP contribution >= 0.6 is 11.6 Å². The molecule has 0 aliphatic carbocycles. The number of ether oxygens (including phenoxy) is 1.